The van der Waals surface area contributed by atoms with Crippen LogP contribution < -0.4 is 5.32 Å². The molecule has 0 radical (unpaired) electrons. The molecular weight excluding hydrogens is 354 g/mol. The quantitative estimate of drug-likeness (QED) is 0.670. The first-order chi connectivity index (χ1) is 13.5. The summed E-state index contributed by atoms with van der Waals surface area (Å²) in [6, 6.07) is 15.7. The van der Waals surface area contributed by atoms with Crippen molar-refractivity contribution in [2.45, 2.75) is 25.4 Å². The number of hydrogen-bond acceptors (Lipinski definition) is 3. The van der Waals surface area contributed by atoms with E-state index in [-0.39, 0.29) is 5.91 Å². The normalized spacial score (nSPS) is 17.9. The molecule has 2 aromatic carbocycles. The molecule has 5 rings (SSSR count). The van der Waals surface area contributed by atoms with Crippen LogP contribution in [-0.4, -0.2) is 35.0 Å². The summed E-state index contributed by atoms with van der Waals surface area (Å²) < 4.78 is 5.74. The molecule has 1 spiro atoms. The largest absolute Gasteiger partial charge is 0.438 e. The number of nitrogens with zero attached hydrogens (tertiary/aromatic N) is 1. The Labute approximate surface area is 162 Å². The first-order valence-electron chi connectivity index (χ1n) is 9.52. The first-order valence-corrected chi connectivity index (χ1v) is 9.52. The van der Waals surface area contributed by atoms with Crippen molar-refractivity contribution in [1.29, 1.82) is 0 Å². The fourth-order valence-corrected chi connectivity index (χ4v) is 4.34. The van der Waals surface area contributed by atoms with Gasteiger partial charge in [0.05, 0.1) is 5.69 Å². The number of likely N-dealkylation sites (tertiary alicyclic amines) is 1. The monoisotopic (exact) mass is 375 g/mol. The average molecular weight is 375 g/mol. The molecule has 0 saturated carbocycles. The second kappa shape index (κ2) is 6.12. The molecule has 0 aliphatic carbocycles. The lowest BCUT2D eigenvalue weighted by molar-refractivity contribution is -0.0332. The highest BCUT2D eigenvalue weighted by Crippen LogP contribution is 2.43. The first kappa shape index (κ1) is 16.9. The number of aromatic nitrogens is 1. The van der Waals surface area contributed by atoms with E-state index in [1.165, 1.54) is 0 Å². The van der Waals surface area contributed by atoms with Crippen LogP contribution in [0.3, 0.4) is 0 Å². The third kappa shape index (κ3) is 2.64. The van der Waals surface area contributed by atoms with Crippen LogP contribution >= 0.6 is 0 Å². The molecule has 6 heteroatoms. The lowest BCUT2D eigenvalue weighted by atomic mass is 9.82. The number of aromatic amines is 1. The van der Waals surface area contributed by atoms with Crippen molar-refractivity contribution in [2.24, 2.45) is 0 Å². The van der Waals surface area contributed by atoms with Crippen LogP contribution in [0.4, 0.5) is 10.5 Å². The van der Waals surface area contributed by atoms with Crippen molar-refractivity contribution >= 4 is 28.6 Å². The van der Waals surface area contributed by atoms with Gasteiger partial charge in [0, 0.05) is 42.4 Å². The predicted molar refractivity (Wildman–Crippen MR) is 106 cm³/mol. The summed E-state index contributed by atoms with van der Waals surface area (Å²) in [6.45, 7) is 3.11. The van der Waals surface area contributed by atoms with Crippen LogP contribution in [0.5, 0.6) is 0 Å². The number of carbonyl (C=O) groups excluding carboxylic acids is 2. The smallest absolute Gasteiger partial charge is 0.412 e. The Balaban J connectivity index is 1.38. The summed E-state index contributed by atoms with van der Waals surface area (Å²) in [5.41, 5.74) is 3.85. The third-order valence-corrected chi connectivity index (χ3v) is 5.81. The minimum absolute atomic E-state index is 0.0164. The van der Waals surface area contributed by atoms with Crippen LogP contribution in [0.15, 0.2) is 48.5 Å². The second-order valence-corrected chi connectivity index (χ2v) is 7.62. The molecule has 1 aromatic heterocycles. The van der Waals surface area contributed by atoms with E-state index >= 15 is 0 Å². The maximum atomic E-state index is 13.0. The van der Waals surface area contributed by atoms with E-state index in [1.807, 2.05) is 54.3 Å². The van der Waals surface area contributed by atoms with Crippen molar-refractivity contribution in [1.82, 2.24) is 9.88 Å². The number of H-pyrrole nitrogens is 1. The van der Waals surface area contributed by atoms with Gasteiger partial charge in [0.2, 0.25) is 0 Å². The molecule has 142 valence electrons. The molecule has 2 aliphatic heterocycles. The number of piperidine rings is 1. The third-order valence-electron chi connectivity index (χ3n) is 5.81. The van der Waals surface area contributed by atoms with Crippen molar-refractivity contribution in [3.8, 4) is 0 Å². The molecule has 28 heavy (non-hydrogen) atoms. The van der Waals surface area contributed by atoms with Gasteiger partial charge < -0.3 is 14.6 Å². The van der Waals surface area contributed by atoms with Gasteiger partial charge in [-0.25, -0.2) is 4.79 Å². The van der Waals surface area contributed by atoms with Crippen molar-refractivity contribution in [3.05, 3.63) is 65.4 Å². The Morgan fingerprint density at radius 3 is 2.71 bits per heavy atom. The summed E-state index contributed by atoms with van der Waals surface area (Å²) >= 11 is 0. The number of anilines is 1. The van der Waals surface area contributed by atoms with E-state index < -0.39 is 11.7 Å². The maximum absolute atomic E-state index is 13.0. The Hall–Kier alpha value is -3.28. The number of nitrogens with one attached hydrogen (secondary N) is 2. The number of fused-ring (bicyclic) bond motifs is 3. The van der Waals surface area contributed by atoms with Gasteiger partial charge in [-0.2, -0.15) is 0 Å². The highest BCUT2D eigenvalue weighted by molar-refractivity contribution is 5.98. The van der Waals surface area contributed by atoms with E-state index in [2.05, 4.69) is 16.4 Å². The number of ether oxygens (including phenoxy) is 1. The zero-order valence-corrected chi connectivity index (χ0v) is 15.6. The number of aryl methyl sites for hydroxylation is 1. The Morgan fingerprint density at radius 2 is 1.89 bits per heavy atom. The van der Waals surface area contributed by atoms with E-state index in [0.717, 1.165) is 27.7 Å². The van der Waals surface area contributed by atoms with Crippen LogP contribution in [-0.2, 0) is 10.3 Å². The van der Waals surface area contributed by atoms with Gasteiger partial charge >= 0.3 is 6.09 Å². The van der Waals surface area contributed by atoms with Gasteiger partial charge in [0.1, 0.15) is 11.3 Å². The summed E-state index contributed by atoms with van der Waals surface area (Å²) in [4.78, 5) is 30.1. The van der Waals surface area contributed by atoms with Crippen molar-refractivity contribution in [3.63, 3.8) is 0 Å². The van der Waals surface area contributed by atoms with E-state index in [0.29, 0.717) is 31.6 Å². The Morgan fingerprint density at radius 1 is 1.11 bits per heavy atom. The van der Waals surface area contributed by atoms with Gasteiger partial charge in [0.25, 0.3) is 5.91 Å². The summed E-state index contributed by atoms with van der Waals surface area (Å²) in [5, 5.41) is 3.80. The summed E-state index contributed by atoms with van der Waals surface area (Å²) in [5.74, 6) is -0.0164. The molecule has 1 saturated heterocycles. The molecule has 3 heterocycles. The van der Waals surface area contributed by atoms with Crippen LogP contribution in [0, 0.1) is 6.92 Å². The maximum Gasteiger partial charge on any atom is 0.412 e. The molecule has 6 nitrogen and oxygen atoms in total. The second-order valence-electron chi connectivity index (χ2n) is 7.62. The van der Waals surface area contributed by atoms with E-state index in [9.17, 15) is 9.59 Å². The molecular formula is C22H21N3O3. The molecule has 1 fully saturated rings. The van der Waals surface area contributed by atoms with Gasteiger partial charge in [0.15, 0.2) is 0 Å². The van der Waals surface area contributed by atoms with Crippen molar-refractivity contribution < 1.29 is 14.3 Å². The molecule has 0 bridgehead atoms. The fraction of sp³-hybridized carbons (Fsp3) is 0.273. The fourth-order valence-electron chi connectivity index (χ4n) is 4.34. The van der Waals surface area contributed by atoms with Crippen molar-refractivity contribution in [2.75, 3.05) is 18.4 Å². The van der Waals surface area contributed by atoms with E-state index in [1.54, 1.807) is 0 Å². The van der Waals surface area contributed by atoms with Crippen LogP contribution in [0.2, 0.25) is 0 Å². The molecule has 2 amide bonds. The number of carbonyl (C=O) groups is 2. The zero-order valence-electron chi connectivity index (χ0n) is 15.6. The number of amides is 2. The predicted octanol–water partition coefficient (Wildman–Crippen LogP) is 4.17. The number of para-hydroxylation sites is 1. The molecule has 3 aromatic rings. The number of benzene rings is 2. The molecule has 2 N–H and O–H groups in total. The summed E-state index contributed by atoms with van der Waals surface area (Å²) in [7, 11) is 0. The molecule has 0 atom stereocenters. The van der Waals surface area contributed by atoms with Gasteiger partial charge in [-0.3, -0.25) is 10.1 Å². The summed E-state index contributed by atoms with van der Waals surface area (Å²) in [6.07, 6.45) is 0.745. The molecule has 0 unspecified atom stereocenters. The Kier molecular flexibility index (Phi) is 3.69. The highest BCUT2D eigenvalue weighted by atomic mass is 16.6. The molecule has 2 aliphatic rings. The number of hydrogen-bond donors (Lipinski definition) is 2. The van der Waals surface area contributed by atoms with Crippen LogP contribution in [0.1, 0.15) is 34.5 Å². The van der Waals surface area contributed by atoms with Gasteiger partial charge in [-0.15, -0.1) is 0 Å². The topological polar surface area (TPSA) is 74.4 Å². The SMILES string of the molecule is Cc1ccc2[nH]c(C(=O)N3CCC4(CC3)OC(=O)Nc3ccccc34)cc2c1. The highest BCUT2D eigenvalue weighted by Gasteiger charge is 2.45. The van der Waals surface area contributed by atoms with Crippen LogP contribution in [0.25, 0.3) is 10.9 Å². The minimum atomic E-state index is -0.659. The number of rotatable bonds is 1. The Bertz CT molecular complexity index is 1090. The lowest BCUT2D eigenvalue weighted by Gasteiger charge is -2.44. The standard InChI is InChI=1S/C22H21N3O3/c1-14-6-7-17-15(12-14)13-19(23-17)20(26)25-10-8-22(9-11-25)16-4-2-3-5-18(16)24-21(27)28-22/h2-7,12-13,23H,8-11H2,1H3,(H,24,27). The van der Waals surface area contributed by atoms with E-state index in [4.69, 9.17) is 4.74 Å². The minimum Gasteiger partial charge on any atom is -0.438 e. The average Bonchev–Trinajstić information content (AvgIpc) is 3.11. The zero-order chi connectivity index (χ0) is 19.3. The lowest BCUT2D eigenvalue weighted by Crippen LogP contribution is -2.49. The van der Waals surface area contributed by atoms with Gasteiger partial charge in [-0.05, 0) is 31.2 Å². The van der Waals surface area contributed by atoms with Gasteiger partial charge in [-0.1, -0.05) is 29.8 Å².